The molecule has 16 heteroatoms. The van der Waals surface area contributed by atoms with E-state index in [1.807, 2.05) is 5.32 Å². The smallest absolute Gasteiger partial charge is 0.287 e. The summed E-state index contributed by atoms with van der Waals surface area (Å²) in [5.74, 6) is -6.09. The average molecular weight is 489 g/mol. The van der Waals surface area contributed by atoms with E-state index in [-0.39, 0.29) is 16.5 Å². The van der Waals surface area contributed by atoms with Crippen molar-refractivity contribution in [2.45, 2.75) is 4.90 Å². The number of benzene rings is 2. The number of carbonyl (C=O) groups excluding carboxylic acids is 3. The molecule has 5 N–H and O–H groups in total. The van der Waals surface area contributed by atoms with Gasteiger partial charge in [-0.05, 0) is 36.4 Å². The molecule has 0 spiro atoms. The van der Waals surface area contributed by atoms with E-state index in [0.717, 1.165) is 30.3 Å². The minimum Gasteiger partial charge on any atom is -0.368 e. The van der Waals surface area contributed by atoms with E-state index < -0.39 is 57.3 Å². The lowest BCUT2D eigenvalue weighted by atomic mass is 10.1. The van der Waals surface area contributed by atoms with Crippen LogP contribution in [0.25, 0.3) is 0 Å². The summed E-state index contributed by atoms with van der Waals surface area (Å²) in [5, 5.41) is 8.37. The predicted molar refractivity (Wildman–Crippen MR) is 115 cm³/mol. The number of halogens is 2. The number of rotatable bonds is 7. The van der Waals surface area contributed by atoms with E-state index in [0.29, 0.717) is 4.68 Å². The van der Waals surface area contributed by atoms with Crippen molar-refractivity contribution >= 4 is 53.1 Å². The van der Waals surface area contributed by atoms with Crippen LogP contribution in [0, 0.1) is 11.6 Å². The van der Waals surface area contributed by atoms with Crippen molar-refractivity contribution in [1.82, 2.24) is 24.8 Å². The minimum atomic E-state index is -4.24. The number of hydrogen-bond acceptors (Lipinski definition) is 9. The van der Waals surface area contributed by atoms with Gasteiger partial charge in [-0.1, -0.05) is 6.07 Å². The van der Waals surface area contributed by atoms with Crippen molar-refractivity contribution < 1.29 is 31.6 Å². The topological polar surface area (TPSA) is 178 Å². The third-order valence-electron chi connectivity index (χ3n) is 4.09. The largest absolute Gasteiger partial charge is 0.368 e. The molecule has 0 fully saturated rings. The molecule has 3 rings (SSSR count). The van der Waals surface area contributed by atoms with E-state index >= 15 is 0 Å². The number of sulfonamides is 1. The Labute approximate surface area is 192 Å². The highest BCUT2D eigenvalue weighted by atomic mass is 32.2. The number of nitrogens with two attached hydrogens (primary N) is 1. The monoisotopic (exact) mass is 489 g/mol. The molecular formula is C18H14BF2N7O5S. The Morgan fingerprint density at radius 2 is 1.68 bits per heavy atom. The molecule has 0 aliphatic rings. The molecule has 174 valence electrons. The molecule has 1 aromatic heterocycles. The number of amides is 2. The van der Waals surface area contributed by atoms with Gasteiger partial charge in [0.2, 0.25) is 19.7 Å². The summed E-state index contributed by atoms with van der Waals surface area (Å²) >= 11 is 0. The molecule has 0 bridgehead atoms. The van der Waals surface area contributed by atoms with Gasteiger partial charge in [-0.25, -0.2) is 21.9 Å². The van der Waals surface area contributed by atoms with Crippen LogP contribution in [0.1, 0.15) is 10.4 Å². The number of hydrogen-bond donors (Lipinski definition) is 4. The normalized spacial score (nSPS) is 11.0. The fraction of sp³-hybridized carbons (Fsp3) is 0.0556. The van der Waals surface area contributed by atoms with Crippen LogP contribution < -0.4 is 21.1 Å². The van der Waals surface area contributed by atoms with Gasteiger partial charge in [0.25, 0.3) is 21.8 Å². The van der Waals surface area contributed by atoms with Crippen LogP contribution in [0.5, 0.6) is 0 Å². The molecule has 12 nitrogen and oxygen atoms in total. The predicted octanol–water partition coefficient (Wildman–Crippen LogP) is 0.254. The summed E-state index contributed by atoms with van der Waals surface area (Å²) in [6, 6.07) is 7.74. The standard InChI is InChI=1S/C18H14BF2N7O5S/c19-16(31)23-8-13(29)27-34(32,33)10-6-4-9(5-7-10)24-18-25-17(22)28(26-18)15(30)14-11(20)2-1-3-12(14)21/h1-7H,8H2,(H,23,31)(H,27,29)(H3,22,24,25,26). The lowest BCUT2D eigenvalue weighted by Gasteiger charge is -2.08. The Hall–Kier alpha value is -4.34. The van der Waals surface area contributed by atoms with Gasteiger partial charge >= 0.3 is 0 Å². The van der Waals surface area contributed by atoms with Gasteiger partial charge in [-0.2, -0.15) is 9.67 Å². The minimum absolute atomic E-state index is 0.218. The highest BCUT2D eigenvalue weighted by molar-refractivity contribution is 7.90. The summed E-state index contributed by atoms with van der Waals surface area (Å²) in [6.07, 6.45) is 0. The zero-order valence-electron chi connectivity index (χ0n) is 17.0. The summed E-state index contributed by atoms with van der Waals surface area (Å²) in [7, 11) is 0.568. The first-order valence-corrected chi connectivity index (χ1v) is 10.6. The maximum atomic E-state index is 13.9. The fourth-order valence-electron chi connectivity index (χ4n) is 2.59. The van der Waals surface area contributed by atoms with Gasteiger partial charge < -0.3 is 16.4 Å². The van der Waals surface area contributed by atoms with Gasteiger partial charge in [-0.3, -0.25) is 14.4 Å². The molecule has 0 aliphatic carbocycles. The average Bonchev–Trinajstić information content (AvgIpc) is 3.12. The summed E-state index contributed by atoms with van der Waals surface area (Å²) in [4.78, 5) is 38.1. The molecule has 34 heavy (non-hydrogen) atoms. The third-order valence-corrected chi connectivity index (χ3v) is 5.48. The van der Waals surface area contributed by atoms with Gasteiger partial charge in [0.1, 0.15) is 17.2 Å². The van der Waals surface area contributed by atoms with Crippen LogP contribution in [0.4, 0.5) is 31.2 Å². The molecule has 1 heterocycles. The first kappa shape index (κ1) is 24.3. The maximum absolute atomic E-state index is 13.9. The summed E-state index contributed by atoms with van der Waals surface area (Å²) in [6.45, 7) is -0.639. The second kappa shape index (κ2) is 9.66. The Kier molecular flexibility index (Phi) is 6.90. The molecule has 0 atom stereocenters. The molecule has 2 radical (unpaired) electrons. The van der Waals surface area contributed by atoms with Gasteiger partial charge in [-0.15, -0.1) is 5.10 Å². The van der Waals surface area contributed by atoms with Crippen LogP contribution in [-0.4, -0.2) is 55.2 Å². The zero-order valence-corrected chi connectivity index (χ0v) is 17.8. The van der Waals surface area contributed by atoms with Crippen molar-refractivity contribution in [2.24, 2.45) is 0 Å². The highest BCUT2D eigenvalue weighted by Gasteiger charge is 2.23. The molecular weight excluding hydrogens is 475 g/mol. The quantitative estimate of drug-likeness (QED) is 0.339. The number of nitrogens with one attached hydrogen (secondary N) is 3. The Bertz CT molecular complexity index is 1360. The highest BCUT2D eigenvalue weighted by Crippen LogP contribution is 2.19. The summed E-state index contributed by atoms with van der Waals surface area (Å²) < 4.78 is 54.5. The van der Waals surface area contributed by atoms with Crippen molar-refractivity contribution in [1.29, 1.82) is 0 Å². The number of anilines is 3. The van der Waals surface area contributed by atoms with Crippen LogP contribution in [0.3, 0.4) is 0 Å². The first-order valence-electron chi connectivity index (χ1n) is 9.15. The Morgan fingerprint density at radius 3 is 2.26 bits per heavy atom. The lowest BCUT2D eigenvalue weighted by molar-refractivity contribution is -0.118. The zero-order chi connectivity index (χ0) is 25.0. The summed E-state index contributed by atoms with van der Waals surface area (Å²) in [5.41, 5.74) is 5.02. The van der Waals surface area contributed by atoms with E-state index in [4.69, 9.17) is 13.6 Å². The van der Waals surface area contributed by atoms with Gasteiger partial charge in [0.05, 0.1) is 11.4 Å². The van der Waals surface area contributed by atoms with Crippen LogP contribution >= 0.6 is 0 Å². The fourth-order valence-corrected chi connectivity index (χ4v) is 3.58. The second-order valence-corrected chi connectivity index (χ2v) is 8.19. The van der Waals surface area contributed by atoms with E-state index in [1.165, 1.54) is 12.1 Å². The number of aromatic nitrogens is 3. The molecule has 0 saturated carbocycles. The molecule has 0 unspecified atom stereocenters. The molecule has 0 saturated heterocycles. The molecule has 2 aromatic carbocycles. The number of nitrogen functional groups attached to an aromatic ring is 1. The number of nitrogens with zero attached hydrogens (tertiary/aromatic N) is 3. The van der Waals surface area contributed by atoms with Gasteiger partial charge in [0, 0.05) is 5.69 Å². The van der Waals surface area contributed by atoms with Crippen molar-refractivity contribution in [2.75, 3.05) is 17.6 Å². The van der Waals surface area contributed by atoms with E-state index in [1.54, 1.807) is 4.72 Å². The van der Waals surface area contributed by atoms with Crippen LogP contribution in [0.15, 0.2) is 47.4 Å². The molecule has 0 aliphatic heterocycles. The van der Waals surface area contributed by atoms with Crippen LogP contribution in [0.2, 0.25) is 0 Å². The van der Waals surface area contributed by atoms with Crippen molar-refractivity contribution in [3.05, 3.63) is 59.7 Å². The molecule has 3 aromatic rings. The van der Waals surface area contributed by atoms with Crippen molar-refractivity contribution in [3.8, 4) is 0 Å². The SMILES string of the molecule is [B]C(=O)NCC(=O)NS(=O)(=O)c1ccc(Nc2nc(N)n(C(=O)c3c(F)cccc3F)n2)cc1. The van der Waals surface area contributed by atoms with Crippen molar-refractivity contribution in [3.63, 3.8) is 0 Å². The number of carbonyl (C=O) groups is 3. The van der Waals surface area contributed by atoms with Gasteiger partial charge in [0.15, 0.2) is 5.81 Å². The third kappa shape index (κ3) is 5.53. The lowest BCUT2D eigenvalue weighted by Crippen LogP contribution is -2.39. The van der Waals surface area contributed by atoms with Crippen LogP contribution in [-0.2, 0) is 14.8 Å². The second-order valence-electron chi connectivity index (χ2n) is 6.50. The molecule has 2 amide bonds. The Morgan fingerprint density at radius 1 is 1.06 bits per heavy atom. The Balaban J connectivity index is 1.73. The maximum Gasteiger partial charge on any atom is 0.287 e. The van der Waals surface area contributed by atoms with E-state index in [9.17, 15) is 31.6 Å². The first-order chi connectivity index (χ1) is 16.0. The van der Waals surface area contributed by atoms with E-state index in [2.05, 4.69) is 15.4 Å².